The number of hydrogen-bond donors (Lipinski definition) is 3. The number of carbonyl (C=O) groups excluding carboxylic acids is 3. The second-order valence-electron chi connectivity index (χ2n) is 5.25. The fraction of sp³-hybridized carbons (Fsp3) is 0.118. The van der Waals surface area contributed by atoms with Gasteiger partial charge in [-0.05, 0) is 37.3 Å². The van der Waals surface area contributed by atoms with Crippen molar-refractivity contribution in [2.45, 2.75) is 6.92 Å². The fourth-order valence-corrected chi connectivity index (χ4v) is 2.46. The van der Waals surface area contributed by atoms with E-state index in [2.05, 4.69) is 16.2 Å². The quantitative estimate of drug-likeness (QED) is 0.378. The zero-order valence-electron chi connectivity index (χ0n) is 13.9. The van der Waals surface area contributed by atoms with Gasteiger partial charge in [0, 0.05) is 17.3 Å². The van der Waals surface area contributed by atoms with Crippen LogP contribution in [0, 0.1) is 0 Å². The van der Waals surface area contributed by atoms with Crippen molar-refractivity contribution in [3.63, 3.8) is 0 Å². The summed E-state index contributed by atoms with van der Waals surface area (Å²) in [5.41, 5.74) is 5.30. The minimum absolute atomic E-state index is 0.0830. The van der Waals surface area contributed by atoms with Gasteiger partial charge < -0.3 is 10.1 Å². The summed E-state index contributed by atoms with van der Waals surface area (Å²) in [5.74, 6) is -0.532. The standard InChI is InChI=1S/C17H14Cl3N3O4/c1-9(24)10-2-4-11(5-3-10)21-17(26)23-22-16(25)8-27-15-7-13(19)12(18)6-14(15)20/h2-7H,8H2,1H3,(H,22,25)(H2,21,23,26). The first-order chi connectivity index (χ1) is 12.8. The molecule has 7 nitrogen and oxygen atoms in total. The van der Waals surface area contributed by atoms with Crippen molar-refractivity contribution < 1.29 is 19.1 Å². The first kappa shape index (κ1) is 20.8. The predicted octanol–water partition coefficient (Wildman–Crippen LogP) is 4.08. The van der Waals surface area contributed by atoms with Crippen molar-refractivity contribution in [1.29, 1.82) is 0 Å². The van der Waals surface area contributed by atoms with Crippen molar-refractivity contribution in [2.24, 2.45) is 0 Å². The molecule has 27 heavy (non-hydrogen) atoms. The summed E-state index contributed by atoms with van der Waals surface area (Å²) >= 11 is 17.6. The van der Waals surface area contributed by atoms with Gasteiger partial charge in [0.15, 0.2) is 12.4 Å². The molecule has 0 fully saturated rings. The third kappa shape index (κ3) is 6.32. The lowest BCUT2D eigenvalue weighted by Gasteiger charge is -2.11. The van der Waals surface area contributed by atoms with E-state index >= 15 is 0 Å². The van der Waals surface area contributed by atoms with E-state index in [-0.39, 0.29) is 26.6 Å². The Morgan fingerprint density at radius 3 is 2.19 bits per heavy atom. The summed E-state index contributed by atoms with van der Waals surface area (Å²) in [6.45, 7) is 1.03. The van der Waals surface area contributed by atoms with Crippen LogP contribution >= 0.6 is 34.8 Å². The Morgan fingerprint density at radius 1 is 0.926 bits per heavy atom. The Morgan fingerprint density at radius 2 is 1.56 bits per heavy atom. The van der Waals surface area contributed by atoms with Crippen molar-refractivity contribution in [1.82, 2.24) is 10.9 Å². The third-order valence-electron chi connectivity index (χ3n) is 3.20. The molecule has 2 aromatic rings. The van der Waals surface area contributed by atoms with Gasteiger partial charge in [-0.3, -0.25) is 15.0 Å². The highest BCUT2D eigenvalue weighted by atomic mass is 35.5. The number of benzene rings is 2. The van der Waals surface area contributed by atoms with Gasteiger partial charge in [-0.25, -0.2) is 10.2 Å². The van der Waals surface area contributed by atoms with E-state index in [1.165, 1.54) is 19.1 Å². The second-order valence-corrected chi connectivity index (χ2v) is 6.47. The van der Waals surface area contributed by atoms with E-state index in [1.807, 2.05) is 0 Å². The van der Waals surface area contributed by atoms with Gasteiger partial charge in [-0.15, -0.1) is 0 Å². The Hall–Kier alpha value is -2.48. The summed E-state index contributed by atoms with van der Waals surface area (Å²) in [4.78, 5) is 34.7. The minimum atomic E-state index is -0.675. The van der Waals surface area contributed by atoms with Gasteiger partial charge in [0.05, 0.1) is 15.1 Å². The van der Waals surface area contributed by atoms with Gasteiger partial charge in [0.1, 0.15) is 5.75 Å². The van der Waals surface area contributed by atoms with Crippen LogP contribution in [0.5, 0.6) is 5.75 Å². The normalized spacial score (nSPS) is 10.1. The number of hydrazine groups is 1. The van der Waals surface area contributed by atoms with Crippen molar-refractivity contribution in [3.8, 4) is 5.75 Å². The highest BCUT2D eigenvalue weighted by Crippen LogP contribution is 2.33. The van der Waals surface area contributed by atoms with E-state index in [0.29, 0.717) is 11.3 Å². The van der Waals surface area contributed by atoms with E-state index < -0.39 is 18.5 Å². The molecular weight excluding hydrogens is 417 g/mol. The van der Waals surface area contributed by atoms with E-state index in [0.717, 1.165) is 0 Å². The Balaban J connectivity index is 1.78. The topological polar surface area (TPSA) is 96.5 Å². The maximum absolute atomic E-state index is 11.7. The maximum Gasteiger partial charge on any atom is 0.337 e. The van der Waals surface area contributed by atoms with Gasteiger partial charge in [-0.2, -0.15) is 0 Å². The molecular formula is C17H14Cl3N3O4. The molecule has 0 bridgehead atoms. The molecule has 0 aliphatic carbocycles. The summed E-state index contributed by atoms with van der Waals surface area (Å²) in [6, 6.07) is 8.37. The molecule has 0 spiro atoms. The summed E-state index contributed by atoms with van der Waals surface area (Å²) < 4.78 is 5.23. The van der Waals surface area contributed by atoms with Crippen LogP contribution < -0.4 is 20.9 Å². The lowest BCUT2D eigenvalue weighted by Crippen LogP contribution is -2.45. The number of ether oxygens (including phenoxy) is 1. The zero-order valence-corrected chi connectivity index (χ0v) is 16.2. The molecule has 2 aromatic carbocycles. The number of carbonyl (C=O) groups is 3. The lowest BCUT2D eigenvalue weighted by molar-refractivity contribution is -0.123. The van der Waals surface area contributed by atoms with Crippen LogP contribution in [0.25, 0.3) is 0 Å². The summed E-state index contributed by atoms with van der Waals surface area (Å²) in [6.07, 6.45) is 0. The van der Waals surface area contributed by atoms with Crippen LogP contribution in [0.3, 0.4) is 0 Å². The SMILES string of the molecule is CC(=O)c1ccc(NC(=O)NNC(=O)COc2cc(Cl)c(Cl)cc2Cl)cc1. The molecule has 0 saturated carbocycles. The molecule has 2 rings (SSSR count). The summed E-state index contributed by atoms with van der Waals surface area (Å²) in [5, 5.41) is 3.17. The number of hydrogen-bond acceptors (Lipinski definition) is 4. The number of halogens is 3. The van der Waals surface area contributed by atoms with Gasteiger partial charge in [0.2, 0.25) is 0 Å². The molecule has 3 N–H and O–H groups in total. The molecule has 0 saturated heterocycles. The number of urea groups is 1. The van der Waals surface area contributed by atoms with Gasteiger partial charge in [-0.1, -0.05) is 34.8 Å². The predicted molar refractivity (Wildman–Crippen MR) is 104 cm³/mol. The molecule has 0 atom stereocenters. The minimum Gasteiger partial charge on any atom is -0.482 e. The maximum atomic E-state index is 11.7. The van der Waals surface area contributed by atoms with Crippen LogP contribution in [0.15, 0.2) is 36.4 Å². The smallest absolute Gasteiger partial charge is 0.337 e. The molecule has 0 aromatic heterocycles. The molecule has 0 aliphatic heterocycles. The largest absolute Gasteiger partial charge is 0.482 e. The van der Waals surface area contributed by atoms with E-state index in [9.17, 15) is 14.4 Å². The Labute approximate surface area is 169 Å². The summed E-state index contributed by atoms with van der Waals surface area (Å²) in [7, 11) is 0. The Kier molecular flexibility index (Phi) is 7.29. The monoisotopic (exact) mass is 429 g/mol. The second kappa shape index (κ2) is 9.45. The first-order valence-corrected chi connectivity index (χ1v) is 8.64. The van der Waals surface area contributed by atoms with Gasteiger partial charge in [0.25, 0.3) is 5.91 Å². The molecule has 10 heteroatoms. The number of rotatable bonds is 5. The molecule has 0 aliphatic rings. The van der Waals surface area contributed by atoms with E-state index in [4.69, 9.17) is 39.5 Å². The number of anilines is 1. The molecule has 142 valence electrons. The highest BCUT2D eigenvalue weighted by Gasteiger charge is 2.10. The number of ketones is 1. The van der Waals surface area contributed by atoms with Crippen LogP contribution in [-0.4, -0.2) is 24.3 Å². The molecule has 3 amide bonds. The Bertz CT molecular complexity index is 872. The van der Waals surface area contributed by atoms with Crippen LogP contribution in [0.2, 0.25) is 15.1 Å². The van der Waals surface area contributed by atoms with Crippen molar-refractivity contribution >= 4 is 58.2 Å². The van der Waals surface area contributed by atoms with Crippen molar-refractivity contribution in [3.05, 3.63) is 57.0 Å². The third-order valence-corrected chi connectivity index (χ3v) is 4.22. The zero-order chi connectivity index (χ0) is 20.0. The highest BCUT2D eigenvalue weighted by molar-refractivity contribution is 6.43. The number of Topliss-reactive ketones (excluding diaryl/α,β-unsaturated/α-hetero) is 1. The van der Waals surface area contributed by atoms with Gasteiger partial charge >= 0.3 is 6.03 Å². The van der Waals surface area contributed by atoms with Crippen molar-refractivity contribution in [2.75, 3.05) is 11.9 Å². The molecule has 0 unspecified atom stereocenters. The molecule has 0 heterocycles. The average molecular weight is 431 g/mol. The first-order valence-electron chi connectivity index (χ1n) is 7.50. The number of nitrogens with one attached hydrogen (secondary N) is 3. The average Bonchev–Trinajstić information content (AvgIpc) is 2.62. The lowest BCUT2D eigenvalue weighted by atomic mass is 10.1. The molecule has 0 radical (unpaired) electrons. The van der Waals surface area contributed by atoms with Crippen LogP contribution in [0.4, 0.5) is 10.5 Å². The van der Waals surface area contributed by atoms with Crippen LogP contribution in [0.1, 0.15) is 17.3 Å². The van der Waals surface area contributed by atoms with E-state index in [1.54, 1.807) is 24.3 Å². The van der Waals surface area contributed by atoms with Crippen LogP contribution in [-0.2, 0) is 4.79 Å². The number of amides is 3. The fourth-order valence-electron chi connectivity index (χ4n) is 1.87.